The van der Waals surface area contributed by atoms with Crippen LogP contribution in [0.4, 0.5) is 0 Å². The monoisotopic (exact) mass is 299 g/mol. The van der Waals surface area contributed by atoms with Gasteiger partial charge in [-0.2, -0.15) is 11.8 Å². The predicted molar refractivity (Wildman–Crippen MR) is 86.3 cm³/mol. The van der Waals surface area contributed by atoms with Gasteiger partial charge >= 0.3 is 0 Å². The normalized spacial score (nSPS) is 25.1. The van der Waals surface area contributed by atoms with Gasteiger partial charge in [-0.15, -0.1) is 0 Å². The number of carbonyl (C=O) groups is 1. The summed E-state index contributed by atoms with van der Waals surface area (Å²) in [6, 6.07) is 1.07. The lowest BCUT2D eigenvalue weighted by molar-refractivity contribution is -0.133. The van der Waals surface area contributed by atoms with Crippen LogP contribution in [0.2, 0.25) is 0 Å². The van der Waals surface area contributed by atoms with Gasteiger partial charge in [0.2, 0.25) is 5.91 Å². The van der Waals surface area contributed by atoms with E-state index in [0.29, 0.717) is 24.4 Å². The first-order valence-electron chi connectivity index (χ1n) is 8.07. The maximum atomic E-state index is 12.3. The smallest absolute Gasteiger partial charge is 0.224 e. The number of rotatable bonds is 5. The van der Waals surface area contributed by atoms with Crippen molar-refractivity contribution < 1.29 is 4.79 Å². The molecular weight excluding hydrogens is 270 g/mol. The minimum atomic E-state index is 0.350. The molecule has 0 aromatic carbocycles. The molecule has 20 heavy (non-hydrogen) atoms. The molecule has 2 fully saturated rings. The third-order valence-electron chi connectivity index (χ3n) is 4.57. The van der Waals surface area contributed by atoms with E-state index in [1.165, 1.54) is 5.75 Å². The number of piperidine rings is 1. The second-order valence-electron chi connectivity index (χ2n) is 5.76. The molecule has 1 amide bonds. The standard InChI is InChI=1S/C15H29N3OS/c1-3-17(4-2)14-5-8-18(9-6-14)15(19)11-13-12-20-10-7-16-13/h13-14,16H,3-12H2,1-2H3. The molecule has 0 aliphatic carbocycles. The first-order chi connectivity index (χ1) is 9.74. The summed E-state index contributed by atoms with van der Waals surface area (Å²) in [5.41, 5.74) is 0. The molecule has 0 aromatic heterocycles. The van der Waals surface area contributed by atoms with Gasteiger partial charge in [-0.3, -0.25) is 4.79 Å². The average molecular weight is 299 g/mol. The number of thioether (sulfide) groups is 1. The molecule has 2 rings (SSSR count). The lowest BCUT2D eigenvalue weighted by atomic mass is 10.0. The van der Waals surface area contributed by atoms with Crippen molar-refractivity contribution in [2.24, 2.45) is 0 Å². The molecule has 0 saturated carbocycles. The number of likely N-dealkylation sites (tertiary alicyclic amines) is 1. The molecule has 1 unspecified atom stereocenters. The second kappa shape index (κ2) is 8.25. The van der Waals surface area contributed by atoms with Crippen LogP contribution in [0, 0.1) is 0 Å². The lowest BCUT2D eigenvalue weighted by Gasteiger charge is -2.38. The van der Waals surface area contributed by atoms with Gasteiger partial charge < -0.3 is 15.1 Å². The summed E-state index contributed by atoms with van der Waals surface area (Å²) in [6.07, 6.45) is 2.96. The van der Waals surface area contributed by atoms with E-state index in [1.54, 1.807) is 0 Å². The van der Waals surface area contributed by atoms with Crippen LogP contribution in [0.3, 0.4) is 0 Å². The van der Waals surface area contributed by atoms with Crippen LogP contribution in [0.1, 0.15) is 33.1 Å². The number of carbonyl (C=O) groups excluding carboxylic acids is 1. The van der Waals surface area contributed by atoms with Crippen molar-refractivity contribution in [3.05, 3.63) is 0 Å². The van der Waals surface area contributed by atoms with E-state index in [9.17, 15) is 4.79 Å². The van der Waals surface area contributed by atoms with Crippen molar-refractivity contribution in [1.82, 2.24) is 15.1 Å². The molecule has 5 heteroatoms. The molecule has 2 saturated heterocycles. The van der Waals surface area contributed by atoms with Crippen LogP contribution < -0.4 is 5.32 Å². The van der Waals surface area contributed by atoms with Gasteiger partial charge in [0, 0.05) is 49.6 Å². The molecule has 2 aliphatic rings. The Labute approximate surface area is 127 Å². The summed E-state index contributed by atoms with van der Waals surface area (Å²) < 4.78 is 0. The quantitative estimate of drug-likeness (QED) is 0.833. The summed E-state index contributed by atoms with van der Waals surface area (Å²) in [6.45, 7) is 9.64. The summed E-state index contributed by atoms with van der Waals surface area (Å²) in [5.74, 6) is 2.62. The first-order valence-corrected chi connectivity index (χ1v) is 9.23. The predicted octanol–water partition coefficient (Wildman–Crippen LogP) is 1.41. The SMILES string of the molecule is CCN(CC)C1CCN(C(=O)CC2CSCCN2)CC1. The van der Waals surface area contributed by atoms with Crippen LogP contribution in [-0.2, 0) is 4.79 Å². The second-order valence-corrected chi connectivity index (χ2v) is 6.91. The molecule has 0 spiro atoms. The van der Waals surface area contributed by atoms with Gasteiger partial charge in [-0.1, -0.05) is 13.8 Å². The number of nitrogens with one attached hydrogen (secondary N) is 1. The van der Waals surface area contributed by atoms with E-state index in [2.05, 4.69) is 29.0 Å². The van der Waals surface area contributed by atoms with Crippen LogP contribution in [0.5, 0.6) is 0 Å². The molecule has 1 atom stereocenters. The maximum Gasteiger partial charge on any atom is 0.224 e. The Morgan fingerprint density at radius 2 is 2.00 bits per heavy atom. The zero-order valence-corrected chi connectivity index (χ0v) is 13.8. The van der Waals surface area contributed by atoms with Crippen molar-refractivity contribution in [2.45, 2.75) is 45.2 Å². The van der Waals surface area contributed by atoms with E-state index >= 15 is 0 Å². The Morgan fingerprint density at radius 1 is 1.30 bits per heavy atom. The fourth-order valence-electron chi connectivity index (χ4n) is 3.31. The Morgan fingerprint density at radius 3 is 2.55 bits per heavy atom. The summed E-state index contributed by atoms with van der Waals surface area (Å²) >= 11 is 1.96. The highest BCUT2D eigenvalue weighted by Gasteiger charge is 2.27. The minimum Gasteiger partial charge on any atom is -0.343 e. The van der Waals surface area contributed by atoms with Crippen molar-refractivity contribution in [2.75, 3.05) is 44.2 Å². The molecule has 4 nitrogen and oxygen atoms in total. The minimum absolute atomic E-state index is 0.350. The highest BCUT2D eigenvalue weighted by atomic mass is 32.2. The number of nitrogens with zero attached hydrogens (tertiary/aromatic N) is 2. The average Bonchev–Trinajstić information content (AvgIpc) is 2.50. The van der Waals surface area contributed by atoms with E-state index in [1.807, 2.05) is 11.8 Å². The van der Waals surface area contributed by atoms with Gasteiger partial charge in [-0.05, 0) is 25.9 Å². The third kappa shape index (κ3) is 4.37. The van der Waals surface area contributed by atoms with E-state index in [-0.39, 0.29) is 0 Å². The van der Waals surface area contributed by atoms with Crippen LogP contribution in [-0.4, -0.2) is 72.0 Å². The Hall–Kier alpha value is -0.260. The Kier molecular flexibility index (Phi) is 6.65. The summed E-state index contributed by atoms with van der Waals surface area (Å²) in [5, 5.41) is 3.46. The molecule has 0 radical (unpaired) electrons. The van der Waals surface area contributed by atoms with Crippen LogP contribution in [0.15, 0.2) is 0 Å². The van der Waals surface area contributed by atoms with Crippen LogP contribution in [0.25, 0.3) is 0 Å². The van der Waals surface area contributed by atoms with Crippen molar-refractivity contribution in [3.63, 3.8) is 0 Å². The Balaban J connectivity index is 1.73. The zero-order valence-electron chi connectivity index (χ0n) is 12.9. The van der Waals surface area contributed by atoms with E-state index in [4.69, 9.17) is 0 Å². The highest BCUT2D eigenvalue weighted by molar-refractivity contribution is 7.99. The fourth-order valence-corrected chi connectivity index (χ4v) is 4.26. The van der Waals surface area contributed by atoms with Gasteiger partial charge in [0.25, 0.3) is 0 Å². The Bertz CT molecular complexity index is 295. The van der Waals surface area contributed by atoms with Crippen molar-refractivity contribution >= 4 is 17.7 Å². The molecule has 2 aliphatic heterocycles. The van der Waals surface area contributed by atoms with Gasteiger partial charge in [0.15, 0.2) is 0 Å². The lowest BCUT2D eigenvalue weighted by Crippen LogP contribution is -2.48. The van der Waals surface area contributed by atoms with E-state index < -0.39 is 0 Å². The highest BCUT2D eigenvalue weighted by Crippen LogP contribution is 2.18. The molecule has 0 bridgehead atoms. The largest absolute Gasteiger partial charge is 0.343 e. The van der Waals surface area contributed by atoms with Gasteiger partial charge in [0.05, 0.1) is 0 Å². The van der Waals surface area contributed by atoms with E-state index in [0.717, 1.165) is 51.3 Å². The number of amides is 1. The molecule has 2 heterocycles. The number of hydrogen-bond acceptors (Lipinski definition) is 4. The zero-order chi connectivity index (χ0) is 14.4. The van der Waals surface area contributed by atoms with Crippen molar-refractivity contribution in [3.8, 4) is 0 Å². The number of hydrogen-bond donors (Lipinski definition) is 1. The molecule has 116 valence electrons. The summed E-state index contributed by atoms with van der Waals surface area (Å²) in [7, 11) is 0. The molecule has 1 N–H and O–H groups in total. The molecular formula is C15H29N3OS. The first kappa shape index (κ1) is 16.1. The van der Waals surface area contributed by atoms with Crippen LogP contribution >= 0.6 is 11.8 Å². The van der Waals surface area contributed by atoms with Crippen molar-refractivity contribution in [1.29, 1.82) is 0 Å². The summed E-state index contributed by atoms with van der Waals surface area (Å²) in [4.78, 5) is 17.0. The maximum absolute atomic E-state index is 12.3. The van der Waals surface area contributed by atoms with Gasteiger partial charge in [0.1, 0.15) is 0 Å². The fraction of sp³-hybridized carbons (Fsp3) is 0.933. The third-order valence-corrected chi connectivity index (χ3v) is 5.70. The molecule has 0 aromatic rings. The topological polar surface area (TPSA) is 35.6 Å². The van der Waals surface area contributed by atoms with Gasteiger partial charge in [-0.25, -0.2) is 0 Å².